The highest BCUT2D eigenvalue weighted by atomic mass is 32.2. The van der Waals surface area contributed by atoms with Crippen LogP contribution in [-0.2, 0) is 21.4 Å². The van der Waals surface area contributed by atoms with Crippen molar-refractivity contribution in [2.24, 2.45) is 0 Å². The van der Waals surface area contributed by atoms with Crippen LogP contribution in [0.1, 0.15) is 5.56 Å². The number of amides is 1. The minimum atomic E-state index is -4.00. The zero-order chi connectivity index (χ0) is 20.6. The van der Waals surface area contributed by atoms with Crippen LogP contribution in [0.15, 0.2) is 53.4 Å². The molecule has 0 saturated heterocycles. The van der Waals surface area contributed by atoms with E-state index in [2.05, 4.69) is 5.32 Å². The lowest BCUT2D eigenvalue weighted by atomic mass is 10.2. The van der Waals surface area contributed by atoms with E-state index in [-0.39, 0.29) is 36.9 Å². The lowest BCUT2D eigenvalue weighted by molar-refractivity contribution is -0.121. The highest BCUT2D eigenvalue weighted by molar-refractivity contribution is 7.89. The molecule has 0 aromatic heterocycles. The molecule has 0 fully saturated rings. The molecule has 0 heterocycles. The van der Waals surface area contributed by atoms with Crippen LogP contribution in [0.5, 0.6) is 11.5 Å². The molecule has 0 radical (unpaired) electrons. The lowest BCUT2D eigenvalue weighted by Crippen LogP contribution is -2.41. The summed E-state index contributed by atoms with van der Waals surface area (Å²) in [7, 11) is -1.13. The van der Waals surface area contributed by atoms with Gasteiger partial charge in [-0.25, -0.2) is 8.42 Å². The first-order chi connectivity index (χ1) is 13.4. The second kappa shape index (κ2) is 10.1. The topological polar surface area (TPSA) is 105 Å². The number of carbonyl (C=O) groups is 1. The number of nitrogens with zero attached hydrogens (tertiary/aromatic N) is 1. The van der Waals surface area contributed by atoms with Crippen LogP contribution in [0, 0.1) is 0 Å². The predicted octanol–water partition coefficient (Wildman–Crippen LogP) is 1.00. The van der Waals surface area contributed by atoms with E-state index in [9.17, 15) is 13.2 Å². The summed E-state index contributed by atoms with van der Waals surface area (Å²) < 4.78 is 37.8. The molecule has 0 atom stereocenters. The lowest BCUT2D eigenvalue weighted by Gasteiger charge is -2.22. The van der Waals surface area contributed by atoms with Crippen molar-refractivity contribution in [2.75, 3.05) is 33.9 Å². The Bertz CT molecular complexity index is 887. The van der Waals surface area contributed by atoms with Gasteiger partial charge in [0.25, 0.3) is 0 Å². The van der Waals surface area contributed by atoms with Crippen LogP contribution < -0.4 is 14.8 Å². The maximum absolute atomic E-state index is 13.2. The van der Waals surface area contributed by atoms with Gasteiger partial charge in [-0.15, -0.1) is 0 Å². The molecule has 0 spiro atoms. The molecule has 2 N–H and O–H groups in total. The molecule has 0 aliphatic carbocycles. The van der Waals surface area contributed by atoms with E-state index in [1.54, 1.807) is 24.3 Å². The van der Waals surface area contributed by atoms with Gasteiger partial charge >= 0.3 is 0 Å². The molecule has 0 aliphatic heterocycles. The molecule has 2 aromatic rings. The monoisotopic (exact) mass is 408 g/mol. The van der Waals surface area contributed by atoms with Crippen molar-refractivity contribution in [1.29, 1.82) is 0 Å². The SMILES string of the molecule is COc1ccc(S(=O)(=O)N(CC(=O)NCCO)Cc2ccccc2)cc1OC. The third kappa shape index (κ3) is 5.44. The average molecular weight is 408 g/mol. The summed E-state index contributed by atoms with van der Waals surface area (Å²) in [6, 6.07) is 13.2. The molecule has 0 bridgehead atoms. The van der Waals surface area contributed by atoms with Gasteiger partial charge in [-0.05, 0) is 17.7 Å². The van der Waals surface area contributed by atoms with Gasteiger partial charge in [0, 0.05) is 19.2 Å². The third-order valence-electron chi connectivity index (χ3n) is 3.95. The van der Waals surface area contributed by atoms with Crippen molar-refractivity contribution in [3.63, 3.8) is 0 Å². The zero-order valence-corrected chi connectivity index (χ0v) is 16.6. The van der Waals surface area contributed by atoms with Crippen molar-refractivity contribution in [3.8, 4) is 11.5 Å². The predicted molar refractivity (Wildman–Crippen MR) is 104 cm³/mol. The van der Waals surface area contributed by atoms with Gasteiger partial charge in [0.1, 0.15) is 0 Å². The molecule has 8 nitrogen and oxygen atoms in total. The largest absolute Gasteiger partial charge is 0.493 e. The first-order valence-corrected chi connectivity index (χ1v) is 10.00. The Labute approximate surface area is 164 Å². The standard InChI is InChI=1S/C19H24N2O6S/c1-26-17-9-8-16(12-18(17)27-2)28(24,25)21(14-19(23)20-10-11-22)13-15-6-4-3-5-7-15/h3-9,12,22H,10-11,13-14H2,1-2H3,(H,20,23). The van der Waals surface area contributed by atoms with Crippen molar-refractivity contribution >= 4 is 15.9 Å². The Balaban J connectivity index is 2.37. The second-order valence-corrected chi connectivity index (χ2v) is 7.79. The summed E-state index contributed by atoms with van der Waals surface area (Å²) >= 11 is 0. The van der Waals surface area contributed by atoms with E-state index in [1.165, 1.54) is 32.4 Å². The highest BCUT2D eigenvalue weighted by Crippen LogP contribution is 2.31. The number of carbonyl (C=O) groups excluding carboxylic acids is 1. The number of hydrogen-bond acceptors (Lipinski definition) is 6. The molecule has 9 heteroatoms. The Morgan fingerprint density at radius 2 is 1.75 bits per heavy atom. The van der Waals surface area contributed by atoms with E-state index in [0.29, 0.717) is 5.75 Å². The van der Waals surface area contributed by atoms with Gasteiger partial charge in [0.05, 0.1) is 32.3 Å². The molecule has 152 valence electrons. The maximum atomic E-state index is 13.2. The Morgan fingerprint density at radius 1 is 1.07 bits per heavy atom. The van der Waals surface area contributed by atoms with Gasteiger partial charge in [-0.1, -0.05) is 30.3 Å². The van der Waals surface area contributed by atoms with Crippen LogP contribution in [0.2, 0.25) is 0 Å². The number of hydrogen-bond donors (Lipinski definition) is 2. The number of aliphatic hydroxyl groups is 1. The van der Waals surface area contributed by atoms with Crippen LogP contribution in [0.4, 0.5) is 0 Å². The quantitative estimate of drug-likeness (QED) is 0.608. The van der Waals surface area contributed by atoms with Gasteiger partial charge in [-0.3, -0.25) is 4.79 Å². The van der Waals surface area contributed by atoms with Gasteiger partial charge in [0.15, 0.2) is 11.5 Å². The van der Waals surface area contributed by atoms with Crippen molar-refractivity contribution in [2.45, 2.75) is 11.4 Å². The van der Waals surface area contributed by atoms with Crippen LogP contribution in [-0.4, -0.2) is 57.7 Å². The molecule has 1 amide bonds. The molecule has 2 rings (SSSR count). The zero-order valence-electron chi connectivity index (χ0n) is 15.8. The fourth-order valence-corrected chi connectivity index (χ4v) is 3.95. The second-order valence-electron chi connectivity index (χ2n) is 5.85. The fraction of sp³-hybridized carbons (Fsp3) is 0.316. The summed E-state index contributed by atoms with van der Waals surface area (Å²) in [5.74, 6) is 0.166. The molecule has 28 heavy (non-hydrogen) atoms. The number of sulfonamides is 1. The van der Waals surface area contributed by atoms with Crippen molar-refractivity contribution < 1.29 is 27.8 Å². The summed E-state index contributed by atoms with van der Waals surface area (Å²) in [5, 5.41) is 11.3. The number of ether oxygens (including phenoxy) is 2. The average Bonchev–Trinajstić information content (AvgIpc) is 2.71. The van der Waals surface area contributed by atoms with Crippen LogP contribution >= 0.6 is 0 Å². The fourth-order valence-electron chi connectivity index (χ4n) is 2.55. The minimum absolute atomic E-state index is 0.0176. The molecular formula is C19H24N2O6S. The van der Waals surface area contributed by atoms with Crippen LogP contribution in [0.3, 0.4) is 0 Å². The number of rotatable bonds is 10. The van der Waals surface area contributed by atoms with E-state index in [4.69, 9.17) is 14.6 Å². The molecule has 0 saturated carbocycles. The molecule has 0 unspecified atom stereocenters. The number of methoxy groups -OCH3 is 2. The summed E-state index contributed by atoms with van der Waals surface area (Å²) in [6.07, 6.45) is 0. The van der Waals surface area contributed by atoms with E-state index >= 15 is 0 Å². The Hall–Kier alpha value is -2.62. The van der Waals surface area contributed by atoms with E-state index in [1.807, 2.05) is 6.07 Å². The van der Waals surface area contributed by atoms with Crippen molar-refractivity contribution in [1.82, 2.24) is 9.62 Å². The number of aliphatic hydroxyl groups excluding tert-OH is 1. The van der Waals surface area contributed by atoms with E-state index in [0.717, 1.165) is 9.87 Å². The molecule has 2 aromatic carbocycles. The minimum Gasteiger partial charge on any atom is -0.493 e. The summed E-state index contributed by atoms with van der Waals surface area (Å²) in [6.45, 7) is -0.545. The maximum Gasteiger partial charge on any atom is 0.243 e. The Morgan fingerprint density at radius 3 is 2.36 bits per heavy atom. The smallest absolute Gasteiger partial charge is 0.243 e. The van der Waals surface area contributed by atoms with Gasteiger partial charge < -0.3 is 19.9 Å². The van der Waals surface area contributed by atoms with Crippen LogP contribution in [0.25, 0.3) is 0 Å². The number of benzene rings is 2. The molecular weight excluding hydrogens is 384 g/mol. The Kier molecular flexibility index (Phi) is 7.80. The number of nitrogens with one attached hydrogen (secondary N) is 1. The van der Waals surface area contributed by atoms with Crippen molar-refractivity contribution in [3.05, 3.63) is 54.1 Å². The summed E-state index contributed by atoms with van der Waals surface area (Å²) in [5.41, 5.74) is 0.738. The first-order valence-electron chi connectivity index (χ1n) is 8.56. The summed E-state index contributed by atoms with van der Waals surface area (Å²) in [4.78, 5) is 12.1. The molecule has 0 aliphatic rings. The van der Waals surface area contributed by atoms with Gasteiger partial charge in [-0.2, -0.15) is 4.31 Å². The first kappa shape index (κ1) is 21.7. The highest BCUT2D eigenvalue weighted by Gasteiger charge is 2.28. The third-order valence-corrected chi connectivity index (χ3v) is 5.74. The van der Waals surface area contributed by atoms with Gasteiger partial charge in [0.2, 0.25) is 15.9 Å². The van der Waals surface area contributed by atoms with E-state index < -0.39 is 15.9 Å². The normalized spacial score (nSPS) is 11.3.